The molecular formula is C49H84O15. The highest BCUT2D eigenvalue weighted by Gasteiger charge is 2.67. The summed E-state index contributed by atoms with van der Waals surface area (Å²) < 4.78 is 37.0. The maximum Gasteiger partial charge on any atom is 0.187 e. The molecule has 0 aromatic carbocycles. The van der Waals surface area contributed by atoms with Crippen molar-refractivity contribution in [1.82, 2.24) is 0 Å². The largest absolute Gasteiger partial charge is 0.396 e. The Morgan fingerprint density at radius 1 is 0.766 bits per heavy atom. The molecule has 64 heavy (non-hydrogen) atoms. The molecule has 15 heteroatoms. The van der Waals surface area contributed by atoms with E-state index in [9.17, 15) is 46.0 Å². The molecule has 21 atom stereocenters. The van der Waals surface area contributed by atoms with Gasteiger partial charge in [-0.25, -0.2) is 0 Å². The van der Waals surface area contributed by atoms with Crippen LogP contribution in [0.15, 0.2) is 11.6 Å². The summed E-state index contributed by atoms with van der Waals surface area (Å²) in [6.45, 7) is 16.4. The van der Waals surface area contributed by atoms with Gasteiger partial charge in [-0.1, -0.05) is 53.2 Å². The zero-order valence-electron chi connectivity index (χ0n) is 39.8. The molecule has 0 aromatic rings. The summed E-state index contributed by atoms with van der Waals surface area (Å²) in [7, 11) is 0. The number of hydrogen-bond acceptors (Lipinski definition) is 15. The van der Waals surface area contributed by atoms with Crippen LogP contribution in [0.1, 0.15) is 132 Å². The van der Waals surface area contributed by atoms with Gasteiger partial charge < -0.3 is 74.4 Å². The van der Waals surface area contributed by atoms with Gasteiger partial charge in [0.15, 0.2) is 18.9 Å². The normalized spacial score (nSPS) is 48.1. The molecule has 0 radical (unpaired) electrons. The predicted octanol–water partition coefficient (Wildman–Crippen LogP) is 3.31. The van der Waals surface area contributed by atoms with Crippen LogP contribution in [-0.4, -0.2) is 158 Å². The van der Waals surface area contributed by atoms with Crippen LogP contribution in [0.5, 0.6) is 0 Å². The molecule has 7 rings (SSSR count). The van der Waals surface area contributed by atoms with E-state index in [1.807, 2.05) is 0 Å². The molecule has 3 saturated carbocycles. The van der Waals surface area contributed by atoms with E-state index in [4.69, 9.17) is 28.4 Å². The van der Waals surface area contributed by atoms with E-state index in [0.29, 0.717) is 30.1 Å². The van der Waals surface area contributed by atoms with Gasteiger partial charge in [-0.15, -0.1) is 0 Å². The number of fused-ring (bicyclic) bond motifs is 5. The second-order valence-electron chi connectivity index (χ2n) is 23.0. The van der Waals surface area contributed by atoms with Crippen LogP contribution in [0.2, 0.25) is 0 Å². The van der Waals surface area contributed by atoms with Gasteiger partial charge in [0.05, 0.1) is 80.9 Å². The van der Waals surface area contributed by atoms with Gasteiger partial charge in [0.25, 0.3) is 0 Å². The maximum absolute atomic E-state index is 11.7. The molecule has 4 aliphatic carbocycles. The van der Waals surface area contributed by atoms with Gasteiger partial charge in [0.1, 0.15) is 12.2 Å². The highest BCUT2D eigenvalue weighted by molar-refractivity contribution is 5.30. The standard InChI is InChI=1S/C49H84O15/c1-26(30-15-16-49(8)37-12-10-31-32(11-13-38(56)45(31,2)3)47(37,6)17-18-48(30,49)7)9-14-39(46(4,5)58)63-44-42(64-40-21-33(53)29(23-51)36(24-52)62-40)35(55)20-28(61-44)25-59-43-41(57)34(54)19-27(22-50)60-43/h10,26-30,32-44,50-58H,9,11-25H2,1-8H3/t26?,27-,28?,29?,30?,32?,33?,34-,35-,36+,37?,38-,39?,40-,41?,42?,43?,44-,47?,48?,49?/m0/s1. The minimum atomic E-state index is -1.37. The second kappa shape index (κ2) is 19.5. The first-order valence-electron chi connectivity index (χ1n) is 24.6. The van der Waals surface area contributed by atoms with E-state index in [1.54, 1.807) is 13.8 Å². The van der Waals surface area contributed by atoms with Crippen LogP contribution in [0.25, 0.3) is 0 Å². The molecule has 370 valence electrons. The summed E-state index contributed by atoms with van der Waals surface area (Å²) in [4.78, 5) is 0. The molecule has 0 amide bonds. The molecule has 0 spiro atoms. The molecule has 0 bridgehead atoms. The molecule has 7 aliphatic rings. The van der Waals surface area contributed by atoms with Crippen LogP contribution < -0.4 is 0 Å². The summed E-state index contributed by atoms with van der Waals surface area (Å²) in [6, 6.07) is 0. The molecule has 15 nitrogen and oxygen atoms in total. The number of aliphatic hydroxyl groups is 9. The van der Waals surface area contributed by atoms with Crippen molar-refractivity contribution >= 4 is 0 Å². The van der Waals surface area contributed by atoms with Crippen molar-refractivity contribution in [3.8, 4) is 0 Å². The second-order valence-corrected chi connectivity index (χ2v) is 23.0. The van der Waals surface area contributed by atoms with E-state index in [0.717, 1.165) is 38.5 Å². The van der Waals surface area contributed by atoms with Crippen molar-refractivity contribution < 1.29 is 74.4 Å². The number of allylic oxidation sites excluding steroid dienone is 1. The molecule has 6 fully saturated rings. The fraction of sp³-hybridized carbons (Fsp3) is 0.959. The van der Waals surface area contributed by atoms with Crippen molar-refractivity contribution in [2.75, 3.05) is 26.4 Å². The van der Waals surface area contributed by atoms with Gasteiger partial charge in [0.2, 0.25) is 0 Å². The Kier molecular flexibility index (Phi) is 15.5. The Balaban J connectivity index is 1.06. The first-order chi connectivity index (χ1) is 30.0. The van der Waals surface area contributed by atoms with E-state index < -0.39 is 98.5 Å². The van der Waals surface area contributed by atoms with Crippen molar-refractivity contribution in [3.05, 3.63) is 11.6 Å². The lowest BCUT2D eigenvalue weighted by molar-refractivity contribution is -0.351. The Hall–Kier alpha value is -0.860. The van der Waals surface area contributed by atoms with E-state index >= 15 is 0 Å². The fourth-order valence-corrected chi connectivity index (χ4v) is 14.3. The average molecular weight is 913 g/mol. The third-order valence-electron chi connectivity index (χ3n) is 18.6. The zero-order valence-corrected chi connectivity index (χ0v) is 39.8. The fourth-order valence-electron chi connectivity index (χ4n) is 14.3. The molecular weight excluding hydrogens is 829 g/mol. The number of ether oxygens (including phenoxy) is 6. The molecule has 3 saturated heterocycles. The van der Waals surface area contributed by atoms with Gasteiger partial charge >= 0.3 is 0 Å². The SMILES string of the molecule is CC(CCC(O[C@@H]1OC(COC2O[C@H](CO)C[C@H](O)C2O)C[C@H](O)C1O[C@H]1CC(O)C(CO)[C@@H](CO)O1)C(C)(C)O)C1CCC2(C)C3CC=C4C(CC[C@H](O)C4(C)C)C3(C)CCC12C. The first-order valence-corrected chi connectivity index (χ1v) is 24.6. The zero-order chi connectivity index (χ0) is 46.7. The number of aliphatic hydroxyl groups excluding tert-OH is 8. The summed E-state index contributed by atoms with van der Waals surface area (Å²) in [6.07, 6.45) is -1.79. The van der Waals surface area contributed by atoms with Crippen LogP contribution in [0.3, 0.4) is 0 Å². The Bertz CT molecular complexity index is 1590. The van der Waals surface area contributed by atoms with Crippen LogP contribution in [0, 0.1) is 51.2 Å². The molecule has 9 N–H and O–H groups in total. The van der Waals surface area contributed by atoms with Gasteiger partial charge in [-0.3, -0.25) is 0 Å². The third kappa shape index (κ3) is 9.43. The quantitative estimate of drug-likeness (QED) is 0.107. The minimum absolute atomic E-state index is 0.00184. The number of hydrogen-bond donors (Lipinski definition) is 9. The van der Waals surface area contributed by atoms with E-state index in [-0.39, 0.29) is 60.2 Å². The van der Waals surface area contributed by atoms with Crippen LogP contribution >= 0.6 is 0 Å². The average Bonchev–Trinajstić information content (AvgIpc) is 3.51. The van der Waals surface area contributed by atoms with Gasteiger partial charge in [-0.2, -0.15) is 0 Å². The van der Waals surface area contributed by atoms with Crippen LogP contribution in [0.4, 0.5) is 0 Å². The molecule has 0 aromatic heterocycles. The lowest BCUT2D eigenvalue weighted by Gasteiger charge is -2.66. The number of rotatable bonds is 15. The predicted molar refractivity (Wildman–Crippen MR) is 234 cm³/mol. The molecule has 14 unspecified atom stereocenters. The topological polar surface area (TPSA) is 237 Å². The third-order valence-corrected chi connectivity index (χ3v) is 18.6. The molecule has 3 heterocycles. The highest BCUT2D eigenvalue weighted by atomic mass is 16.8. The van der Waals surface area contributed by atoms with Crippen molar-refractivity contribution in [3.63, 3.8) is 0 Å². The Labute approximate surface area is 380 Å². The van der Waals surface area contributed by atoms with Crippen LogP contribution in [-0.2, 0) is 28.4 Å². The Morgan fingerprint density at radius 3 is 2.14 bits per heavy atom. The lowest BCUT2D eigenvalue weighted by atomic mass is 9.39. The smallest absolute Gasteiger partial charge is 0.187 e. The van der Waals surface area contributed by atoms with E-state index in [1.165, 1.54) is 18.4 Å². The van der Waals surface area contributed by atoms with Gasteiger partial charge in [0, 0.05) is 30.6 Å². The highest BCUT2D eigenvalue weighted by Crippen LogP contribution is 2.75. The van der Waals surface area contributed by atoms with Crippen molar-refractivity contribution in [2.24, 2.45) is 51.2 Å². The maximum atomic E-state index is 11.7. The summed E-state index contributed by atoms with van der Waals surface area (Å²) in [5.41, 5.74) is 0.381. The molecule has 3 aliphatic heterocycles. The van der Waals surface area contributed by atoms with Crippen molar-refractivity contribution in [1.29, 1.82) is 0 Å². The van der Waals surface area contributed by atoms with Gasteiger partial charge in [-0.05, 0) is 112 Å². The first kappa shape index (κ1) is 51.0. The monoisotopic (exact) mass is 913 g/mol. The van der Waals surface area contributed by atoms with E-state index in [2.05, 4.69) is 47.6 Å². The summed E-state index contributed by atoms with van der Waals surface area (Å²) in [5, 5.41) is 95.8. The Morgan fingerprint density at radius 2 is 1.47 bits per heavy atom. The summed E-state index contributed by atoms with van der Waals surface area (Å²) >= 11 is 0. The minimum Gasteiger partial charge on any atom is -0.396 e. The van der Waals surface area contributed by atoms with Crippen molar-refractivity contribution in [2.45, 2.75) is 218 Å². The summed E-state index contributed by atoms with van der Waals surface area (Å²) in [5.74, 6) is 1.09. The lowest BCUT2D eigenvalue weighted by Crippen LogP contribution is -2.59.